The van der Waals surface area contributed by atoms with Crippen LogP contribution in [-0.2, 0) is 16.1 Å². The number of hydrazine groups is 1. The number of nitrogens with zero attached hydrogens (tertiary/aromatic N) is 4. The zero-order valence-electron chi connectivity index (χ0n) is 23.8. The van der Waals surface area contributed by atoms with Crippen molar-refractivity contribution in [2.45, 2.75) is 25.8 Å². The van der Waals surface area contributed by atoms with E-state index in [1.807, 2.05) is 12.1 Å². The first-order chi connectivity index (χ1) is 19.7. The number of benzene rings is 2. The number of piperazine rings is 1. The first kappa shape index (κ1) is 29.8. The summed E-state index contributed by atoms with van der Waals surface area (Å²) in [5.41, 5.74) is 12.3. The Kier molecular flexibility index (Phi) is 9.82. The quantitative estimate of drug-likeness (QED) is 0.113. The van der Waals surface area contributed by atoms with Crippen molar-refractivity contribution in [1.29, 1.82) is 0 Å². The number of halogens is 1. The molecule has 1 atom stereocenters. The molecule has 0 unspecified atom stereocenters. The molecule has 12 heteroatoms. The summed E-state index contributed by atoms with van der Waals surface area (Å²) in [4.78, 5) is 27.1. The molecular weight excluding hydrogens is 527 g/mol. The largest absolute Gasteiger partial charge is 0.494 e. The van der Waals surface area contributed by atoms with Gasteiger partial charge in [-0.15, -0.1) is 0 Å². The molecular formula is C29H39FN8O3. The van der Waals surface area contributed by atoms with E-state index in [0.29, 0.717) is 41.5 Å². The fourth-order valence-electron chi connectivity index (χ4n) is 4.97. The van der Waals surface area contributed by atoms with Crippen LogP contribution in [0.4, 0.5) is 21.5 Å². The van der Waals surface area contributed by atoms with Crippen LogP contribution in [0.2, 0.25) is 0 Å². The average molecular weight is 567 g/mol. The maximum atomic E-state index is 14.1. The van der Waals surface area contributed by atoms with E-state index in [2.05, 4.69) is 39.2 Å². The van der Waals surface area contributed by atoms with Gasteiger partial charge in [-0.25, -0.2) is 20.3 Å². The topological polar surface area (TPSA) is 134 Å². The number of aliphatic imine (C=N–C) groups is 1. The molecule has 1 amide bonds. The summed E-state index contributed by atoms with van der Waals surface area (Å²) >= 11 is 0. The normalized spacial score (nSPS) is 18.4. The number of ether oxygens (including phenoxy) is 1. The fraction of sp³-hybridized carbons (Fsp3) is 0.379. The van der Waals surface area contributed by atoms with Gasteiger partial charge in [0.1, 0.15) is 28.9 Å². The van der Waals surface area contributed by atoms with E-state index in [0.717, 1.165) is 43.9 Å². The highest BCUT2D eigenvalue weighted by atomic mass is 19.1. The van der Waals surface area contributed by atoms with Gasteiger partial charge in [0.05, 0.1) is 31.1 Å². The number of likely N-dealkylation sites (N-methyl/N-ethyl adjacent to an activating group) is 1. The van der Waals surface area contributed by atoms with E-state index in [4.69, 9.17) is 21.2 Å². The van der Waals surface area contributed by atoms with Crippen LogP contribution in [0.1, 0.15) is 17.5 Å². The molecule has 2 aliphatic rings. The first-order valence-corrected chi connectivity index (χ1v) is 13.5. The van der Waals surface area contributed by atoms with Crippen molar-refractivity contribution in [2.75, 3.05) is 57.2 Å². The zero-order valence-corrected chi connectivity index (χ0v) is 23.8. The molecule has 6 N–H and O–H groups in total. The van der Waals surface area contributed by atoms with Crippen LogP contribution in [0.3, 0.4) is 0 Å². The van der Waals surface area contributed by atoms with Crippen LogP contribution < -0.4 is 32.0 Å². The highest BCUT2D eigenvalue weighted by molar-refractivity contribution is 6.02. The molecule has 0 aliphatic carbocycles. The number of rotatable bonds is 10. The number of nitrogens with two attached hydrogens (primary N) is 2. The summed E-state index contributed by atoms with van der Waals surface area (Å²) in [5.74, 6) is 6.30. The second kappa shape index (κ2) is 13.5. The van der Waals surface area contributed by atoms with Crippen molar-refractivity contribution in [3.8, 4) is 5.75 Å². The number of carbonyl (C=O) groups excluding carboxylic acids is 1. The Labute approximate surface area is 240 Å². The Morgan fingerprint density at radius 1 is 1.29 bits per heavy atom. The number of nitrogens with one attached hydrogen (secondary N) is 2. The number of methoxy groups -OCH3 is 1. The number of anilines is 2. The van der Waals surface area contributed by atoms with Crippen LogP contribution >= 0.6 is 0 Å². The van der Waals surface area contributed by atoms with E-state index < -0.39 is 0 Å². The third-order valence-electron chi connectivity index (χ3n) is 7.35. The van der Waals surface area contributed by atoms with Crippen LogP contribution in [0.25, 0.3) is 0 Å². The zero-order chi connectivity index (χ0) is 29.5. The van der Waals surface area contributed by atoms with Gasteiger partial charge in [0, 0.05) is 38.3 Å². The Morgan fingerprint density at radius 3 is 2.73 bits per heavy atom. The summed E-state index contributed by atoms with van der Waals surface area (Å²) < 4.78 is 19.8. The predicted molar refractivity (Wildman–Crippen MR) is 159 cm³/mol. The number of hydrogen-bond acceptors (Lipinski definition) is 9. The van der Waals surface area contributed by atoms with Crippen LogP contribution in [0.5, 0.6) is 5.75 Å². The van der Waals surface area contributed by atoms with Crippen molar-refractivity contribution in [3.05, 3.63) is 71.8 Å². The summed E-state index contributed by atoms with van der Waals surface area (Å²) in [6.45, 7) is 9.18. The summed E-state index contributed by atoms with van der Waals surface area (Å²) in [5, 5.41) is 4.54. The number of hydroxylamine groups is 2. The minimum Gasteiger partial charge on any atom is -0.494 e. The van der Waals surface area contributed by atoms with Crippen LogP contribution in [0, 0.1) is 12.7 Å². The monoisotopic (exact) mass is 566 g/mol. The van der Waals surface area contributed by atoms with Crippen molar-refractivity contribution in [1.82, 2.24) is 15.4 Å². The van der Waals surface area contributed by atoms with Gasteiger partial charge >= 0.3 is 0 Å². The van der Waals surface area contributed by atoms with E-state index in [9.17, 15) is 9.18 Å². The maximum Gasteiger partial charge on any atom is 0.247 e. The molecule has 2 aromatic rings. The molecule has 0 spiro atoms. The minimum absolute atomic E-state index is 0.0938. The van der Waals surface area contributed by atoms with Gasteiger partial charge in [0.25, 0.3) is 0 Å². The molecule has 4 rings (SSSR count). The van der Waals surface area contributed by atoms with Gasteiger partial charge in [-0.05, 0) is 56.1 Å². The van der Waals surface area contributed by atoms with Crippen molar-refractivity contribution in [3.63, 3.8) is 0 Å². The predicted octanol–water partition coefficient (Wildman–Crippen LogP) is 2.56. The maximum absolute atomic E-state index is 14.1. The van der Waals surface area contributed by atoms with Gasteiger partial charge in [-0.1, -0.05) is 18.7 Å². The van der Waals surface area contributed by atoms with Crippen molar-refractivity contribution < 1.29 is 18.8 Å². The molecule has 11 nitrogen and oxygen atoms in total. The Bertz CT molecular complexity index is 1320. The minimum atomic E-state index is -0.339. The van der Waals surface area contributed by atoms with Crippen LogP contribution in [0.15, 0.2) is 59.9 Å². The second-order valence-corrected chi connectivity index (χ2v) is 10.1. The van der Waals surface area contributed by atoms with E-state index in [1.54, 1.807) is 37.3 Å². The number of amidine groups is 1. The standard InChI is InChI=1S/C29H39FN8O3/c1-5-29(39)34-23-16-24(26(40-4)17-25(23)37-12-10-36(3)11-13-37)33-27(31)18-28(35-32)38-21(9-14-41-38)15-20-7-6-8-22(30)19(20)2/h5-8,16-18,21,35H,1,9-15,32H2,2-4H3,(H2,31,33)(H,34,39)/b28-18+/t21-/m1/s1. The molecule has 2 heterocycles. The number of hydrogen-bond donors (Lipinski definition) is 4. The van der Waals surface area contributed by atoms with Crippen LogP contribution in [-0.4, -0.2) is 74.7 Å². The van der Waals surface area contributed by atoms with E-state index in [1.165, 1.54) is 12.1 Å². The third-order valence-corrected chi connectivity index (χ3v) is 7.35. The lowest BCUT2D eigenvalue weighted by Gasteiger charge is -2.35. The van der Waals surface area contributed by atoms with Gasteiger partial charge in [-0.2, -0.15) is 0 Å². The molecule has 220 valence electrons. The van der Waals surface area contributed by atoms with E-state index in [-0.39, 0.29) is 23.6 Å². The molecule has 0 saturated carbocycles. The average Bonchev–Trinajstić information content (AvgIpc) is 3.42. The lowest BCUT2D eigenvalue weighted by atomic mass is 9.99. The smallest absolute Gasteiger partial charge is 0.247 e. The Morgan fingerprint density at radius 2 is 2.05 bits per heavy atom. The lowest BCUT2D eigenvalue weighted by molar-refractivity contribution is -0.111. The Hall–Kier alpha value is -4.13. The summed E-state index contributed by atoms with van der Waals surface area (Å²) in [7, 11) is 3.63. The third kappa shape index (κ3) is 7.15. The lowest BCUT2D eigenvalue weighted by Crippen LogP contribution is -2.44. The Balaban J connectivity index is 1.63. The highest BCUT2D eigenvalue weighted by Crippen LogP contribution is 2.39. The first-order valence-electron chi connectivity index (χ1n) is 13.5. The molecule has 41 heavy (non-hydrogen) atoms. The van der Waals surface area contributed by atoms with Gasteiger partial charge in [0.15, 0.2) is 0 Å². The molecule has 0 bridgehead atoms. The molecule has 0 aromatic heterocycles. The van der Waals surface area contributed by atoms with Crippen molar-refractivity contribution >= 4 is 28.8 Å². The summed E-state index contributed by atoms with van der Waals surface area (Å²) in [6, 6.07) is 8.55. The molecule has 2 fully saturated rings. The van der Waals surface area contributed by atoms with Gasteiger partial charge in [0.2, 0.25) is 5.91 Å². The molecule has 0 radical (unpaired) electrons. The molecule has 2 aliphatic heterocycles. The van der Waals surface area contributed by atoms with E-state index >= 15 is 0 Å². The number of amides is 1. The van der Waals surface area contributed by atoms with Crippen molar-refractivity contribution in [2.24, 2.45) is 16.6 Å². The molecule has 2 saturated heterocycles. The molecule has 2 aromatic carbocycles. The SMILES string of the molecule is C=CC(=O)Nc1cc(N=C(N)/C=C(\NN)N2OCC[C@@H]2Cc2cccc(F)c2C)c(OC)cc1N1CCN(C)CC1. The number of carbonyl (C=O) groups is 1. The second-order valence-electron chi connectivity index (χ2n) is 10.1. The summed E-state index contributed by atoms with van der Waals surface area (Å²) in [6.07, 6.45) is 4.06. The van der Waals surface area contributed by atoms with Gasteiger partial charge in [-0.3, -0.25) is 9.63 Å². The fourth-order valence-corrected chi connectivity index (χ4v) is 4.97. The highest BCUT2D eigenvalue weighted by Gasteiger charge is 2.29. The van der Waals surface area contributed by atoms with Gasteiger partial charge < -0.3 is 31.0 Å².